The van der Waals surface area contributed by atoms with Crippen molar-refractivity contribution in [2.75, 3.05) is 38.7 Å². The van der Waals surface area contributed by atoms with Crippen LogP contribution in [0.15, 0.2) is 47.4 Å². The number of nitrogens with zero attached hydrogens (tertiary/aromatic N) is 2. The zero-order chi connectivity index (χ0) is 34.9. The second-order valence-corrected chi connectivity index (χ2v) is 14.4. The van der Waals surface area contributed by atoms with Crippen LogP contribution in [0.4, 0.5) is 18.9 Å². The van der Waals surface area contributed by atoms with Crippen LogP contribution in [0.25, 0.3) is 0 Å². The lowest BCUT2D eigenvalue weighted by molar-refractivity contribution is -0.142. The van der Waals surface area contributed by atoms with E-state index in [0.717, 1.165) is 0 Å². The quantitative estimate of drug-likeness (QED) is 0.341. The lowest BCUT2D eigenvalue weighted by Crippen LogP contribution is -2.48. The van der Waals surface area contributed by atoms with Gasteiger partial charge in [-0.15, -0.1) is 0 Å². The van der Waals surface area contributed by atoms with Gasteiger partial charge in [0, 0.05) is 49.8 Å². The number of anilines is 1. The van der Waals surface area contributed by atoms with Gasteiger partial charge in [0.1, 0.15) is 5.75 Å². The van der Waals surface area contributed by atoms with E-state index >= 15 is 0 Å². The maximum absolute atomic E-state index is 14.2. The highest BCUT2D eigenvalue weighted by Crippen LogP contribution is 2.29. The fraction of sp³-hybridized carbons (Fsp3) is 0.562. The lowest BCUT2D eigenvalue weighted by atomic mass is 10.0. The van der Waals surface area contributed by atoms with Gasteiger partial charge in [0.2, 0.25) is 15.9 Å². The van der Waals surface area contributed by atoms with Gasteiger partial charge in [-0.1, -0.05) is 18.5 Å². The number of hydrogen-bond acceptors (Lipinski definition) is 7. The Bertz CT molecular complexity index is 1460. The molecule has 0 spiro atoms. The summed E-state index contributed by atoms with van der Waals surface area (Å²) in [5.74, 6) is -1.62. The Morgan fingerprint density at radius 3 is 2.49 bits per heavy atom. The third-order valence-electron chi connectivity index (χ3n) is 7.93. The number of amides is 2. The highest BCUT2D eigenvalue weighted by molar-refractivity contribution is 7.89. The maximum Gasteiger partial charge on any atom is 0.389 e. The normalized spacial score (nSPS) is 21.0. The summed E-state index contributed by atoms with van der Waals surface area (Å²) in [4.78, 5) is 27.9. The number of hydrogen-bond donors (Lipinski definition) is 2. The predicted molar refractivity (Wildman–Crippen MR) is 172 cm³/mol. The van der Waals surface area contributed by atoms with Crippen molar-refractivity contribution in [1.29, 1.82) is 0 Å². The van der Waals surface area contributed by atoms with Gasteiger partial charge in [0.05, 0.1) is 41.7 Å². The number of nitrogens with one attached hydrogen (secondary N) is 1. The molecule has 1 heterocycles. The third-order valence-corrected chi connectivity index (χ3v) is 10.0. The molecule has 4 atom stereocenters. The van der Waals surface area contributed by atoms with Crippen LogP contribution in [-0.2, 0) is 19.6 Å². The molecule has 1 aliphatic heterocycles. The second kappa shape index (κ2) is 17.0. The van der Waals surface area contributed by atoms with Crippen molar-refractivity contribution in [3.05, 3.63) is 53.1 Å². The molecule has 0 saturated carbocycles. The molecule has 2 amide bonds. The number of ether oxygens (including phenoxy) is 2. The first-order valence-electron chi connectivity index (χ1n) is 15.4. The molecular formula is C32H43ClF3N3O7S. The molecule has 47 heavy (non-hydrogen) atoms. The van der Waals surface area contributed by atoms with Crippen molar-refractivity contribution in [3.8, 4) is 5.75 Å². The molecule has 0 bridgehead atoms. The Balaban J connectivity index is 1.94. The van der Waals surface area contributed by atoms with Crippen molar-refractivity contribution in [2.45, 2.75) is 82.2 Å². The highest BCUT2D eigenvalue weighted by atomic mass is 35.5. The van der Waals surface area contributed by atoms with E-state index < -0.39 is 65.5 Å². The fourth-order valence-electron chi connectivity index (χ4n) is 5.08. The molecule has 0 aliphatic carbocycles. The van der Waals surface area contributed by atoms with Gasteiger partial charge in [0.15, 0.2) is 0 Å². The number of alkyl halides is 3. The first-order chi connectivity index (χ1) is 22.0. The second-order valence-electron chi connectivity index (χ2n) is 11.9. The summed E-state index contributed by atoms with van der Waals surface area (Å²) in [6, 6.07) is 9.43. The fourth-order valence-corrected chi connectivity index (χ4v) is 6.39. The summed E-state index contributed by atoms with van der Waals surface area (Å²) in [5.41, 5.74) is 0.163. The standard InChI is InChI=1S/C32H43ClF3N3O7S/c1-21-18-39(22(2)20-40)31(42)27-17-25(37-30(41)14-15-32(34,35)36)10-13-28(27)46-23(3)7-5-6-16-45-29(21)19-38(4)47(43,44)26-11-8-24(33)9-12-26/h8-13,17,21-23,29,40H,5-7,14-16,18-20H2,1-4H3,(H,37,41)/t21-,22-,23-,29+/m1/s1. The van der Waals surface area contributed by atoms with E-state index in [2.05, 4.69) is 5.32 Å². The van der Waals surface area contributed by atoms with Crippen molar-refractivity contribution in [2.24, 2.45) is 5.92 Å². The third kappa shape index (κ3) is 11.3. The summed E-state index contributed by atoms with van der Waals surface area (Å²) < 4.78 is 78.2. The van der Waals surface area contributed by atoms with Crippen molar-refractivity contribution < 1.29 is 45.8 Å². The average Bonchev–Trinajstić information content (AvgIpc) is 3.01. The van der Waals surface area contributed by atoms with Crippen molar-refractivity contribution in [3.63, 3.8) is 0 Å². The minimum atomic E-state index is -4.50. The van der Waals surface area contributed by atoms with Crippen LogP contribution in [0.1, 0.15) is 63.2 Å². The number of likely N-dealkylation sites (N-methyl/N-ethyl adjacent to an activating group) is 1. The molecule has 0 saturated heterocycles. The topological polar surface area (TPSA) is 125 Å². The van der Waals surface area contributed by atoms with Crippen LogP contribution < -0.4 is 10.1 Å². The molecule has 0 unspecified atom stereocenters. The monoisotopic (exact) mass is 705 g/mol. The number of aliphatic hydroxyl groups excluding tert-OH is 1. The van der Waals surface area contributed by atoms with E-state index in [0.29, 0.717) is 30.9 Å². The largest absolute Gasteiger partial charge is 0.490 e. The first-order valence-corrected chi connectivity index (χ1v) is 17.3. The summed E-state index contributed by atoms with van der Waals surface area (Å²) in [5, 5.41) is 12.9. The van der Waals surface area contributed by atoms with Crippen LogP contribution in [0.3, 0.4) is 0 Å². The molecule has 15 heteroatoms. The summed E-state index contributed by atoms with van der Waals surface area (Å²) in [6.07, 6.45) is -5.55. The molecule has 2 aromatic rings. The SMILES string of the molecule is C[C@@H]1CCCCO[C@@H](CN(C)S(=O)(=O)c2ccc(Cl)cc2)[C@H](C)CN([C@H](C)CO)C(=O)c2cc(NC(=O)CCC(F)(F)F)ccc2O1. The molecule has 2 aromatic carbocycles. The van der Waals surface area contributed by atoms with E-state index in [1.165, 1.54) is 58.7 Å². The molecular weight excluding hydrogens is 663 g/mol. The number of rotatable bonds is 9. The smallest absolute Gasteiger partial charge is 0.389 e. The number of carbonyl (C=O) groups is 2. The van der Waals surface area contributed by atoms with E-state index in [1.807, 2.05) is 13.8 Å². The molecule has 0 aromatic heterocycles. The number of aliphatic hydroxyl groups is 1. The number of carbonyl (C=O) groups excluding carboxylic acids is 2. The van der Waals surface area contributed by atoms with Crippen LogP contribution in [-0.4, -0.2) is 92.3 Å². The lowest BCUT2D eigenvalue weighted by Gasteiger charge is -2.35. The molecule has 0 fully saturated rings. The van der Waals surface area contributed by atoms with E-state index in [9.17, 15) is 36.3 Å². The number of sulfonamides is 1. The Labute approximate surface area is 279 Å². The van der Waals surface area contributed by atoms with Crippen LogP contribution >= 0.6 is 11.6 Å². The van der Waals surface area contributed by atoms with Gasteiger partial charge >= 0.3 is 6.18 Å². The molecule has 0 radical (unpaired) electrons. The first kappa shape index (κ1) is 38.5. The highest BCUT2D eigenvalue weighted by Gasteiger charge is 2.33. The summed E-state index contributed by atoms with van der Waals surface area (Å²) in [6.45, 7) is 5.28. The van der Waals surface area contributed by atoms with Gasteiger partial charge in [-0.25, -0.2) is 8.42 Å². The summed E-state index contributed by atoms with van der Waals surface area (Å²) in [7, 11) is -2.45. The van der Waals surface area contributed by atoms with Gasteiger partial charge in [0.25, 0.3) is 5.91 Å². The van der Waals surface area contributed by atoms with Gasteiger partial charge in [-0.2, -0.15) is 17.5 Å². The predicted octanol–water partition coefficient (Wildman–Crippen LogP) is 5.74. The molecule has 2 N–H and O–H groups in total. The van der Waals surface area contributed by atoms with Crippen LogP contribution in [0, 0.1) is 5.92 Å². The Kier molecular flexibility index (Phi) is 13.9. The van der Waals surface area contributed by atoms with Crippen molar-refractivity contribution >= 4 is 39.1 Å². The Morgan fingerprint density at radius 1 is 1.17 bits per heavy atom. The van der Waals surface area contributed by atoms with Crippen LogP contribution in [0.2, 0.25) is 5.02 Å². The van der Waals surface area contributed by atoms with Crippen LogP contribution in [0.5, 0.6) is 5.75 Å². The number of fused-ring (bicyclic) bond motifs is 1. The summed E-state index contributed by atoms with van der Waals surface area (Å²) >= 11 is 5.94. The zero-order valence-corrected chi connectivity index (χ0v) is 28.5. The molecule has 10 nitrogen and oxygen atoms in total. The molecule has 262 valence electrons. The van der Waals surface area contributed by atoms with Gasteiger partial charge < -0.3 is 24.8 Å². The van der Waals surface area contributed by atoms with Crippen molar-refractivity contribution in [1.82, 2.24) is 9.21 Å². The van der Waals surface area contributed by atoms with Gasteiger partial charge in [-0.05, 0) is 75.6 Å². The number of halogens is 4. The maximum atomic E-state index is 14.2. The van der Waals surface area contributed by atoms with E-state index in [1.54, 1.807) is 6.92 Å². The minimum Gasteiger partial charge on any atom is -0.490 e. The zero-order valence-electron chi connectivity index (χ0n) is 26.9. The Morgan fingerprint density at radius 2 is 1.85 bits per heavy atom. The molecule has 1 aliphatic rings. The molecule has 3 rings (SSSR count). The average molecular weight is 706 g/mol. The van der Waals surface area contributed by atoms with Gasteiger partial charge in [-0.3, -0.25) is 9.59 Å². The van der Waals surface area contributed by atoms with E-state index in [4.69, 9.17) is 21.1 Å². The Hall–Kier alpha value is -2.91. The number of benzene rings is 2. The minimum absolute atomic E-state index is 0.0220. The van der Waals surface area contributed by atoms with E-state index in [-0.39, 0.29) is 41.1 Å².